The predicted molar refractivity (Wildman–Crippen MR) is 145 cm³/mol. The third kappa shape index (κ3) is 3.78. The summed E-state index contributed by atoms with van der Waals surface area (Å²) in [6.45, 7) is 1.59. The van der Waals surface area contributed by atoms with Crippen LogP contribution in [0.25, 0.3) is 0 Å². The van der Waals surface area contributed by atoms with Crippen LogP contribution in [0, 0.1) is 17.8 Å². The molecule has 0 saturated carbocycles. The molecule has 3 N–H and O–H groups in total. The molecule has 40 heavy (non-hydrogen) atoms. The van der Waals surface area contributed by atoms with Gasteiger partial charge in [-0.05, 0) is 55.4 Å². The van der Waals surface area contributed by atoms with Crippen LogP contribution in [-0.2, 0) is 19.2 Å². The summed E-state index contributed by atoms with van der Waals surface area (Å²) < 4.78 is 5.56. The number of fused-ring (bicyclic) bond motifs is 3. The first-order chi connectivity index (χ1) is 19.1. The largest absolute Gasteiger partial charge is 0.508 e. The molecule has 9 nitrogen and oxygen atoms in total. The number of allylic oxidation sites excluding steroid dienone is 6. The maximum atomic E-state index is 14.0. The van der Waals surface area contributed by atoms with E-state index in [1.807, 2.05) is 6.08 Å². The van der Waals surface area contributed by atoms with Crippen molar-refractivity contribution in [1.29, 1.82) is 0 Å². The van der Waals surface area contributed by atoms with Gasteiger partial charge in [0.15, 0.2) is 11.6 Å². The molecule has 1 fully saturated rings. The van der Waals surface area contributed by atoms with E-state index in [4.69, 9.17) is 4.74 Å². The number of imide groups is 1. The number of carbonyl (C=O) groups excluding carboxylic acids is 4. The van der Waals surface area contributed by atoms with Crippen LogP contribution in [0.4, 0.5) is 5.69 Å². The number of Topliss-reactive ketones (excluding diaryl/α,β-unsaturated/α-hetero) is 1. The van der Waals surface area contributed by atoms with E-state index in [1.165, 1.54) is 37.5 Å². The fourth-order valence-electron chi connectivity index (χ4n) is 6.75. The van der Waals surface area contributed by atoms with E-state index in [0.29, 0.717) is 28.0 Å². The number of aromatic hydroxyl groups is 1. The molecule has 3 aliphatic carbocycles. The van der Waals surface area contributed by atoms with Crippen molar-refractivity contribution in [3.63, 3.8) is 0 Å². The van der Waals surface area contributed by atoms with Gasteiger partial charge in [0.25, 0.3) is 0 Å². The van der Waals surface area contributed by atoms with E-state index in [-0.39, 0.29) is 41.3 Å². The number of nitrogens with zero attached hydrogens (tertiary/aromatic N) is 1. The summed E-state index contributed by atoms with van der Waals surface area (Å²) >= 11 is 0. The van der Waals surface area contributed by atoms with Crippen molar-refractivity contribution in [3.05, 3.63) is 82.5 Å². The average molecular weight is 539 g/mol. The highest BCUT2D eigenvalue weighted by molar-refractivity contribution is 6.58. The first-order valence-electron chi connectivity index (χ1n) is 13.0. The Morgan fingerprint density at radius 1 is 1.00 bits per heavy atom. The molecule has 0 aromatic heterocycles. The van der Waals surface area contributed by atoms with Gasteiger partial charge in [-0.25, -0.2) is 0 Å². The maximum absolute atomic E-state index is 14.0. The number of ketones is 2. The Kier molecular flexibility index (Phi) is 6.12. The molecule has 0 radical (unpaired) electrons. The van der Waals surface area contributed by atoms with Crippen LogP contribution >= 0.6 is 0 Å². The minimum atomic E-state index is -1.76. The monoisotopic (exact) mass is 539 g/mol. The Balaban J connectivity index is 1.49. The molecular formula is C30H26BNO8. The standard InChI is InChI=1S/C30H26BNO8/c1-14-10-23(34)27-22(28(14)35)13-21-18(25(27)19-7-6-17(33)12-24(19)40-2)8-9-20-26(21)30(37)32(29(20)36)16-5-3-4-15(11-16)31(38)39/h3-8,10-12,20-21,25-26,33,38-39H,9,13H2,1-2H3/t20-,21+,25+,26-/m0/s1. The molecule has 0 bridgehead atoms. The van der Waals surface area contributed by atoms with Gasteiger partial charge in [0.05, 0.1) is 24.6 Å². The van der Waals surface area contributed by atoms with Crippen molar-refractivity contribution < 1.29 is 39.1 Å². The number of hydrogen-bond donors (Lipinski definition) is 3. The number of hydrogen-bond acceptors (Lipinski definition) is 8. The van der Waals surface area contributed by atoms with E-state index >= 15 is 0 Å². The number of rotatable bonds is 4. The van der Waals surface area contributed by atoms with Crippen LogP contribution < -0.4 is 15.1 Å². The number of phenols is 1. The predicted octanol–water partition coefficient (Wildman–Crippen LogP) is 1.71. The summed E-state index contributed by atoms with van der Waals surface area (Å²) in [7, 11) is -0.315. The number of phenolic OH excluding ortho intramolecular Hbond substituents is 1. The minimum Gasteiger partial charge on any atom is -0.508 e. The Bertz CT molecular complexity index is 1600. The van der Waals surface area contributed by atoms with Crippen molar-refractivity contribution in [2.24, 2.45) is 17.8 Å². The highest BCUT2D eigenvalue weighted by Crippen LogP contribution is 2.56. The van der Waals surface area contributed by atoms with Crippen molar-refractivity contribution in [3.8, 4) is 11.5 Å². The summed E-state index contributed by atoms with van der Waals surface area (Å²) in [6.07, 6.45) is 3.63. The van der Waals surface area contributed by atoms with E-state index in [1.54, 1.807) is 25.1 Å². The number of benzene rings is 2. The summed E-state index contributed by atoms with van der Waals surface area (Å²) in [4.78, 5) is 55.5. The molecule has 202 valence electrons. The Hall–Kier alpha value is -4.28. The fraction of sp³-hybridized carbons (Fsp3) is 0.267. The summed E-state index contributed by atoms with van der Waals surface area (Å²) in [6, 6.07) is 10.6. The molecule has 1 aliphatic heterocycles. The Morgan fingerprint density at radius 3 is 2.50 bits per heavy atom. The zero-order valence-electron chi connectivity index (χ0n) is 21.8. The van der Waals surface area contributed by atoms with Gasteiger partial charge in [-0.1, -0.05) is 29.8 Å². The van der Waals surface area contributed by atoms with E-state index in [0.717, 1.165) is 10.5 Å². The van der Waals surface area contributed by atoms with Crippen molar-refractivity contribution >= 4 is 41.6 Å². The molecule has 0 unspecified atom stereocenters. The van der Waals surface area contributed by atoms with Crippen LogP contribution in [0.5, 0.6) is 11.5 Å². The molecule has 1 heterocycles. The lowest BCUT2D eigenvalue weighted by molar-refractivity contribution is -0.123. The lowest BCUT2D eigenvalue weighted by Gasteiger charge is -2.42. The second-order valence-electron chi connectivity index (χ2n) is 10.6. The van der Waals surface area contributed by atoms with E-state index in [9.17, 15) is 34.3 Å². The van der Waals surface area contributed by atoms with Gasteiger partial charge in [0.2, 0.25) is 11.8 Å². The zero-order chi connectivity index (χ0) is 28.5. The van der Waals surface area contributed by atoms with Gasteiger partial charge in [-0.3, -0.25) is 24.1 Å². The van der Waals surface area contributed by atoms with Crippen molar-refractivity contribution in [2.75, 3.05) is 12.0 Å². The molecule has 10 heteroatoms. The maximum Gasteiger partial charge on any atom is 0.488 e. The average Bonchev–Trinajstić information content (AvgIpc) is 3.20. The number of ether oxygens (including phenoxy) is 1. The summed E-state index contributed by atoms with van der Waals surface area (Å²) in [5, 5.41) is 29.3. The number of amides is 2. The molecule has 4 aliphatic rings. The van der Waals surface area contributed by atoms with Gasteiger partial charge in [-0.15, -0.1) is 0 Å². The van der Waals surface area contributed by atoms with Crippen LogP contribution in [0.2, 0.25) is 0 Å². The van der Waals surface area contributed by atoms with Gasteiger partial charge in [0, 0.05) is 34.3 Å². The number of methoxy groups -OCH3 is 1. The third-order valence-electron chi connectivity index (χ3n) is 8.52. The first-order valence-corrected chi connectivity index (χ1v) is 13.0. The number of carbonyl (C=O) groups is 4. The first kappa shape index (κ1) is 26.0. The van der Waals surface area contributed by atoms with Crippen LogP contribution in [0.1, 0.15) is 31.2 Å². The van der Waals surface area contributed by atoms with Crippen molar-refractivity contribution in [2.45, 2.75) is 25.7 Å². The van der Waals surface area contributed by atoms with E-state index in [2.05, 4.69) is 0 Å². The normalized spacial score (nSPS) is 25.8. The third-order valence-corrected chi connectivity index (χ3v) is 8.52. The van der Waals surface area contributed by atoms with Crippen LogP contribution in [0.15, 0.2) is 76.9 Å². The van der Waals surface area contributed by atoms with Crippen LogP contribution in [-0.4, -0.2) is 52.8 Å². The molecule has 1 saturated heterocycles. The highest BCUT2D eigenvalue weighted by atomic mass is 16.5. The van der Waals surface area contributed by atoms with Gasteiger partial charge >= 0.3 is 7.12 Å². The van der Waals surface area contributed by atoms with E-state index < -0.39 is 42.6 Å². The Morgan fingerprint density at radius 2 is 1.77 bits per heavy atom. The lowest BCUT2D eigenvalue weighted by Crippen LogP contribution is -2.40. The van der Waals surface area contributed by atoms with Gasteiger partial charge in [-0.2, -0.15) is 0 Å². The second kappa shape index (κ2) is 9.43. The van der Waals surface area contributed by atoms with Gasteiger partial charge < -0.3 is 19.9 Å². The van der Waals surface area contributed by atoms with Gasteiger partial charge in [0.1, 0.15) is 11.5 Å². The molecule has 4 atom stereocenters. The van der Waals surface area contributed by atoms with Crippen LogP contribution in [0.3, 0.4) is 0 Å². The summed E-state index contributed by atoms with van der Waals surface area (Å²) in [5.41, 5.74) is 2.71. The molecule has 0 spiro atoms. The molecule has 6 rings (SSSR count). The molecular weight excluding hydrogens is 513 g/mol. The lowest BCUT2D eigenvalue weighted by atomic mass is 9.59. The summed E-state index contributed by atoms with van der Waals surface area (Å²) in [5.74, 6) is -3.74. The minimum absolute atomic E-state index is 0.0240. The smallest absolute Gasteiger partial charge is 0.488 e. The fourth-order valence-corrected chi connectivity index (χ4v) is 6.75. The quantitative estimate of drug-likeness (QED) is 0.231. The highest BCUT2D eigenvalue weighted by Gasteiger charge is 2.56. The SMILES string of the molecule is COc1cc(O)ccc1[C@H]1C2=CC[C@@H]3C(=O)N(c4cccc(B(O)O)c4)C(=O)[C@@H]3[C@@H]2CC2=C1C(=O)C=C(C)C2=O. The molecule has 2 aromatic rings. The molecule has 2 amide bonds. The number of anilines is 1. The topological polar surface area (TPSA) is 141 Å². The Labute approximate surface area is 230 Å². The zero-order valence-corrected chi connectivity index (χ0v) is 21.8. The molecule has 2 aromatic carbocycles. The van der Waals surface area contributed by atoms with Crippen molar-refractivity contribution in [1.82, 2.24) is 0 Å². The second-order valence-corrected chi connectivity index (χ2v) is 10.6.